The first-order valence-electron chi connectivity index (χ1n) is 7.85. The summed E-state index contributed by atoms with van der Waals surface area (Å²) in [4.78, 5) is 0.728. The van der Waals surface area contributed by atoms with Gasteiger partial charge in [0.15, 0.2) is 0 Å². The van der Waals surface area contributed by atoms with Crippen LogP contribution in [-0.4, -0.2) is 9.65 Å². The number of benzene rings is 2. The van der Waals surface area contributed by atoms with Crippen LogP contribution in [0, 0.1) is 0 Å². The SMILES string of the molecule is CCC(Br)C1(C(Br)CC)c2cc(Br)ccc2-c2ccc(Br)cc21. The molecule has 2 atom stereocenters. The molecule has 0 fully saturated rings. The molecule has 0 amide bonds. The third kappa shape index (κ3) is 2.72. The third-order valence-electron chi connectivity index (χ3n) is 4.85. The van der Waals surface area contributed by atoms with Crippen LogP contribution in [0.15, 0.2) is 45.3 Å². The van der Waals surface area contributed by atoms with Crippen molar-refractivity contribution in [3.05, 3.63) is 56.5 Å². The Morgan fingerprint density at radius 3 is 1.52 bits per heavy atom. The molecule has 0 radical (unpaired) electrons. The van der Waals surface area contributed by atoms with Crippen molar-refractivity contribution in [3.63, 3.8) is 0 Å². The van der Waals surface area contributed by atoms with E-state index >= 15 is 0 Å². The highest BCUT2D eigenvalue weighted by atomic mass is 79.9. The lowest BCUT2D eigenvalue weighted by Gasteiger charge is -2.40. The van der Waals surface area contributed by atoms with Crippen LogP contribution in [0.1, 0.15) is 37.8 Å². The summed E-state index contributed by atoms with van der Waals surface area (Å²) >= 11 is 15.4. The van der Waals surface area contributed by atoms with E-state index in [9.17, 15) is 0 Å². The lowest BCUT2D eigenvalue weighted by Crippen LogP contribution is -2.43. The number of rotatable bonds is 4. The number of alkyl halides is 2. The maximum Gasteiger partial charge on any atom is 0.0465 e. The van der Waals surface area contributed by atoms with Crippen molar-refractivity contribution in [2.45, 2.75) is 41.8 Å². The van der Waals surface area contributed by atoms with Gasteiger partial charge in [-0.05, 0) is 59.4 Å². The van der Waals surface area contributed by atoms with Crippen molar-refractivity contribution < 1.29 is 0 Å². The Bertz CT molecular complexity index is 675. The van der Waals surface area contributed by atoms with Crippen molar-refractivity contribution in [1.29, 1.82) is 0 Å². The first kappa shape index (κ1) is 18.2. The summed E-state index contributed by atoms with van der Waals surface area (Å²) in [5.41, 5.74) is 5.46. The van der Waals surface area contributed by atoms with Crippen molar-refractivity contribution in [2.24, 2.45) is 0 Å². The van der Waals surface area contributed by atoms with E-state index in [2.05, 4.69) is 114 Å². The Morgan fingerprint density at radius 1 is 0.783 bits per heavy atom. The van der Waals surface area contributed by atoms with Gasteiger partial charge in [-0.3, -0.25) is 0 Å². The van der Waals surface area contributed by atoms with Crippen LogP contribution in [0.5, 0.6) is 0 Å². The molecule has 0 heterocycles. The van der Waals surface area contributed by atoms with Crippen LogP contribution in [0.2, 0.25) is 0 Å². The highest BCUT2D eigenvalue weighted by molar-refractivity contribution is 9.11. The van der Waals surface area contributed by atoms with Crippen LogP contribution < -0.4 is 0 Å². The molecule has 0 aliphatic heterocycles. The van der Waals surface area contributed by atoms with Crippen LogP contribution in [0.25, 0.3) is 11.1 Å². The van der Waals surface area contributed by atoms with E-state index in [1.165, 1.54) is 22.3 Å². The van der Waals surface area contributed by atoms with Gasteiger partial charge < -0.3 is 0 Å². The quantitative estimate of drug-likeness (QED) is 0.332. The van der Waals surface area contributed by atoms with Gasteiger partial charge in [0.2, 0.25) is 0 Å². The van der Waals surface area contributed by atoms with Crippen molar-refractivity contribution in [2.75, 3.05) is 0 Å². The van der Waals surface area contributed by atoms with Gasteiger partial charge in [0.05, 0.1) is 0 Å². The molecular formula is C19H18Br4. The maximum atomic E-state index is 4.03. The van der Waals surface area contributed by atoms with Crippen molar-refractivity contribution in [3.8, 4) is 11.1 Å². The molecule has 2 aromatic carbocycles. The van der Waals surface area contributed by atoms with Crippen LogP contribution in [-0.2, 0) is 5.41 Å². The van der Waals surface area contributed by atoms with E-state index in [0.29, 0.717) is 9.65 Å². The molecular weight excluding hydrogens is 548 g/mol. The van der Waals surface area contributed by atoms with Crippen LogP contribution >= 0.6 is 63.7 Å². The predicted octanol–water partition coefficient (Wildman–Crippen LogP) is 7.83. The van der Waals surface area contributed by atoms with Crippen LogP contribution in [0.4, 0.5) is 0 Å². The second-order valence-corrected chi connectivity index (χ2v) is 10.0. The fraction of sp³-hybridized carbons (Fsp3) is 0.368. The minimum atomic E-state index is -0.0677. The molecule has 3 rings (SSSR count). The van der Waals surface area contributed by atoms with Gasteiger partial charge in [0.25, 0.3) is 0 Å². The number of fused-ring (bicyclic) bond motifs is 3. The molecule has 2 unspecified atom stereocenters. The lowest BCUT2D eigenvalue weighted by atomic mass is 9.71. The molecule has 1 aliphatic rings. The molecule has 23 heavy (non-hydrogen) atoms. The van der Waals surface area contributed by atoms with Crippen molar-refractivity contribution >= 4 is 63.7 Å². The van der Waals surface area contributed by atoms with E-state index in [1.54, 1.807) is 0 Å². The van der Waals surface area contributed by atoms with E-state index in [0.717, 1.165) is 21.8 Å². The summed E-state index contributed by atoms with van der Waals surface area (Å²) in [6.07, 6.45) is 2.14. The van der Waals surface area contributed by atoms with E-state index in [1.807, 2.05) is 0 Å². The molecule has 0 aromatic heterocycles. The highest BCUT2D eigenvalue weighted by Crippen LogP contribution is 2.58. The summed E-state index contributed by atoms with van der Waals surface area (Å²) in [6, 6.07) is 13.4. The van der Waals surface area contributed by atoms with Gasteiger partial charge in [-0.1, -0.05) is 89.7 Å². The Kier molecular flexibility index (Phi) is 5.47. The van der Waals surface area contributed by atoms with Gasteiger partial charge in [-0.25, -0.2) is 0 Å². The van der Waals surface area contributed by atoms with Gasteiger partial charge in [-0.2, -0.15) is 0 Å². The molecule has 0 saturated heterocycles. The first-order chi connectivity index (χ1) is 11.0. The minimum Gasteiger partial charge on any atom is -0.0877 e. The summed E-state index contributed by atoms with van der Waals surface area (Å²) in [6.45, 7) is 4.51. The summed E-state index contributed by atoms with van der Waals surface area (Å²) in [7, 11) is 0. The maximum absolute atomic E-state index is 4.03. The molecule has 0 nitrogen and oxygen atoms in total. The minimum absolute atomic E-state index is 0.0677. The van der Waals surface area contributed by atoms with E-state index in [4.69, 9.17) is 0 Å². The Morgan fingerprint density at radius 2 is 1.17 bits per heavy atom. The highest BCUT2D eigenvalue weighted by Gasteiger charge is 2.51. The molecule has 2 aromatic rings. The topological polar surface area (TPSA) is 0 Å². The summed E-state index contributed by atoms with van der Waals surface area (Å²) < 4.78 is 2.28. The Hall–Kier alpha value is 0.360. The zero-order chi connectivity index (χ0) is 16.8. The fourth-order valence-corrected chi connectivity index (χ4v) is 6.55. The Labute approximate surface area is 172 Å². The zero-order valence-corrected chi connectivity index (χ0v) is 19.4. The standard InChI is InChI=1S/C19H18Br4/c1-3-17(22)19(18(23)4-2)15-9-11(20)5-7-13(15)14-8-6-12(21)10-16(14)19/h5-10,17-18H,3-4H2,1-2H3. The Balaban J connectivity index is 2.42. The molecule has 4 heteroatoms. The molecule has 0 bridgehead atoms. The smallest absolute Gasteiger partial charge is 0.0465 e. The van der Waals surface area contributed by atoms with E-state index < -0.39 is 0 Å². The molecule has 0 spiro atoms. The lowest BCUT2D eigenvalue weighted by molar-refractivity contribution is 0.473. The number of halogens is 4. The molecule has 122 valence electrons. The summed E-state index contributed by atoms with van der Waals surface area (Å²) in [5, 5.41) is 0. The van der Waals surface area contributed by atoms with Gasteiger partial charge in [0, 0.05) is 24.0 Å². The number of hydrogen-bond donors (Lipinski definition) is 0. The third-order valence-corrected chi connectivity index (χ3v) is 8.58. The van der Waals surface area contributed by atoms with Crippen molar-refractivity contribution in [1.82, 2.24) is 0 Å². The second kappa shape index (κ2) is 6.93. The molecule has 1 aliphatic carbocycles. The van der Waals surface area contributed by atoms with Gasteiger partial charge in [-0.15, -0.1) is 0 Å². The predicted molar refractivity (Wildman–Crippen MR) is 114 cm³/mol. The second-order valence-electron chi connectivity index (χ2n) is 6.00. The van der Waals surface area contributed by atoms with Gasteiger partial charge >= 0.3 is 0 Å². The monoisotopic (exact) mass is 562 g/mol. The van der Waals surface area contributed by atoms with E-state index in [-0.39, 0.29) is 5.41 Å². The first-order valence-corrected chi connectivity index (χ1v) is 11.3. The zero-order valence-electron chi connectivity index (χ0n) is 13.0. The molecule has 0 N–H and O–H groups in total. The van der Waals surface area contributed by atoms with Crippen LogP contribution in [0.3, 0.4) is 0 Å². The largest absolute Gasteiger partial charge is 0.0877 e. The fourth-order valence-electron chi connectivity index (χ4n) is 3.85. The normalized spacial score (nSPS) is 17.5. The molecule has 0 saturated carbocycles. The average Bonchev–Trinajstić information content (AvgIpc) is 2.83. The summed E-state index contributed by atoms with van der Waals surface area (Å²) in [5.74, 6) is 0. The van der Waals surface area contributed by atoms with Gasteiger partial charge in [0.1, 0.15) is 0 Å². The number of hydrogen-bond acceptors (Lipinski definition) is 0. The average molecular weight is 566 g/mol.